The first-order valence-corrected chi connectivity index (χ1v) is 10.5. The summed E-state index contributed by atoms with van der Waals surface area (Å²) in [5.74, 6) is 1.49. The van der Waals surface area contributed by atoms with Crippen LogP contribution in [0.5, 0.6) is 0 Å². The van der Waals surface area contributed by atoms with E-state index < -0.39 is 0 Å². The Morgan fingerprint density at radius 3 is 2.67 bits per heavy atom. The van der Waals surface area contributed by atoms with Gasteiger partial charge in [0.25, 0.3) is 0 Å². The first-order chi connectivity index (χ1) is 14.5. The van der Waals surface area contributed by atoms with Crippen molar-refractivity contribution >= 4 is 5.95 Å². The summed E-state index contributed by atoms with van der Waals surface area (Å²) in [4.78, 5) is 11.6. The first-order valence-electron chi connectivity index (χ1n) is 10.5. The molecule has 6 nitrogen and oxygen atoms in total. The van der Waals surface area contributed by atoms with Crippen molar-refractivity contribution in [3.8, 4) is 11.3 Å². The molecule has 30 heavy (non-hydrogen) atoms. The normalized spacial score (nSPS) is 15.6. The van der Waals surface area contributed by atoms with Gasteiger partial charge in [0.2, 0.25) is 5.95 Å². The van der Waals surface area contributed by atoms with Gasteiger partial charge in [-0.25, -0.2) is 14.4 Å². The van der Waals surface area contributed by atoms with Crippen LogP contribution in [0, 0.1) is 12.7 Å². The predicted molar refractivity (Wildman–Crippen MR) is 115 cm³/mol. The molecule has 3 aromatic rings. The third kappa shape index (κ3) is 4.67. The minimum absolute atomic E-state index is 0.136. The van der Waals surface area contributed by atoms with Crippen molar-refractivity contribution in [2.45, 2.75) is 52.1 Å². The number of nitrogens with zero attached hydrogens (tertiary/aromatic N) is 4. The Balaban J connectivity index is 1.53. The monoisotopic (exact) mass is 409 g/mol. The summed E-state index contributed by atoms with van der Waals surface area (Å²) in [5.41, 5.74) is 3.48. The SMILES string of the molecule is Cc1cc(-c2cnc(NC(C)C)nc2C2CCN(Cc3ccccc3F)CC2)on1. The summed E-state index contributed by atoms with van der Waals surface area (Å²) in [5, 5.41) is 7.32. The van der Waals surface area contributed by atoms with Crippen LogP contribution in [0.4, 0.5) is 10.3 Å². The molecule has 1 N–H and O–H groups in total. The number of benzene rings is 1. The Bertz CT molecular complexity index is 995. The highest BCUT2D eigenvalue weighted by atomic mass is 19.1. The van der Waals surface area contributed by atoms with E-state index in [4.69, 9.17) is 9.51 Å². The van der Waals surface area contributed by atoms with Crippen LogP contribution in [-0.4, -0.2) is 39.2 Å². The number of aryl methyl sites for hydroxylation is 1. The fourth-order valence-electron chi connectivity index (χ4n) is 3.95. The van der Waals surface area contributed by atoms with E-state index in [9.17, 15) is 4.39 Å². The number of nitrogens with one attached hydrogen (secondary N) is 1. The second-order valence-electron chi connectivity index (χ2n) is 8.27. The molecule has 0 radical (unpaired) electrons. The fraction of sp³-hybridized carbons (Fsp3) is 0.435. The maximum atomic E-state index is 14.0. The number of likely N-dealkylation sites (tertiary alicyclic amines) is 1. The summed E-state index contributed by atoms with van der Waals surface area (Å²) in [6.07, 6.45) is 3.73. The van der Waals surface area contributed by atoms with Crippen LogP contribution < -0.4 is 5.32 Å². The number of aromatic nitrogens is 3. The van der Waals surface area contributed by atoms with Crippen LogP contribution >= 0.6 is 0 Å². The van der Waals surface area contributed by atoms with Gasteiger partial charge in [0.1, 0.15) is 5.82 Å². The number of rotatable bonds is 6. The maximum absolute atomic E-state index is 14.0. The zero-order valence-electron chi connectivity index (χ0n) is 17.7. The number of anilines is 1. The van der Waals surface area contributed by atoms with Gasteiger partial charge < -0.3 is 9.84 Å². The molecule has 0 amide bonds. The molecular formula is C23H28FN5O. The van der Waals surface area contributed by atoms with Gasteiger partial charge in [-0.1, -0.05) is 23.4 Å². The maximum Gasteiger partial charge on any atom is 0.223 e. The Morgan fingerprint density at radius 1 is 1.23 bits per heavy atom. The van der Waals surface area contributed by atoms with E-state index >= 15 is 0 Å². The number of hydrogen-bond donors (Lipinski definition) is 1. The molecular weight excluding hydrogens is 381 g/mol. The third-order valence-electron chi connectivity index (χ3n) is 5.46. The Kier molecular flexibility index (Phi) is 6.08. The van der Waals surface area contributed by atoms with E-state index in [2.05, 4.69) is 34.2 Å². The zero-order valence-corrected chi connectivity index (χ0v) is 17.7. The van der Waals surface area contributed by atoms with E-state index in [1.807, 2.05) is 31.3 Å². The molecule has 4 rings (SSSR count). The molecule has 3 heterocycles. The molecule has 1 aromatic carbocycles. The van der Waals surface area contributed by atoms with Crippen molar-refractivity contribution < 1.29 is 8.91 Å². The van der Waals surface area contributed by atoms with E-state index in [0.717, 1.165) is 48.4 Å². The number of piperidine rings is 1. The summed E-state index contributed by atoms with van der Waals surface area (Å²) in [7, 11) is 0. The van der Waals surface area contributed by atoms with Crippen molar-refractivity contribution in [3.63, 3.8) is 0 Å². The molecule has 1 fully saturated rings. The summed E-state index contributed by atoms with van der Waals surface area (Å²) >= 11 is 0. The lowest BCUT2D eigenvalue weighted by Gasteiger charge is -2.32. The molecule has 0 spiro atoms. The highest BCUT2D eigenvalue weighted by Gasteiger charge is 2.26. The topological polar surface area (TPSA) is 67.1 Å². The molecule has 1 aliphatic rings. The lowest BCUT2D eigenvalue weighted by Crippen LogP contribution is -2.33. The van der Waals surface area contributed by atoms with Gasteiger partial charge in [0.05, 0.1) is 17.0 Å². The highest BCUT2D eigenvalue weighted by molar-refractivity contribution is 5.61. The quantitative estimate of drug-likeness (QED) is 0.632. The molecule has 0 saturated carbocycles. The standard InChI is InChI=1S/C23H28FN5O/c1-15(2)26-23-25-13-19(21-12-16(3)28-30-21)22(27-23)17-8-10-29(11-9-17)14-18-6-4-5-7-20(18)24/h4-7,12-13,15,17H,8-11,14H2,1-3H3,(H,25,26,27). The van der Waals surface area contributed by atoms with Crippen molar-refractivity contribution in [1.29, 1.82) is 0 Å². The van der Waals surface area contributed by atoms with Gasteiger partial charge in [-0.05, 0) is 52.8 Å². The Labute approximate surface area is 176 Å². The van der Waals surface area contributed by atoms with Gasteiger partial charge in [-0.2, -0.15) is 0 Å². The van der Waals surface area contributed by atoms with E-state index in [1.54, 1.807) is 6.07 Å². The molecule has 7 heteroatoms. The summed E-state index contributed by atoms with van der Waals surface area (Å²) in [6, 6.07) is 9.18. The zero-order chi connectivity index (χ0) is 21.1. The highest BCUT2D eigenvalue weighted by Crippen LogP contribution is 2.35. The Hall–Kier alpha value is -2.80. The van der Waals surface area contributed by atoms with Crippen molar-refractivity contribution in [1.82, 2.24) is 20.0 Å². The molecule has 2 aromatic heterocycles. The van der Waals surface area contributed by atoms with Gasteiger partial charge >= 0.3 is 0 Å². The molecule has 1 saturated heterocycles. The number of halogens is 1. The number of hydrogen-bond acceptors (Lipinski definition) is 6. The predicted octanol–water partition coefficient (Wildman–Crippen LogP) is 4.78. The molecule has 0 aliphatic carbocycles. The molecule has 158 valence electrons. The summed E-state index contributed by atoms with van der Waals surface area (Å²) in [6.45, 7) is 8.46. The van der Waals surface area contributed by atoms with Crippen LogP contribution in [-0.2, 0) is 6.54 Å². The van der Waals surface area contributed by atoms with Crippen LogP contribution in [0.15, 0.2) is 41.1 Å². The van der Waals surface area contributed by atoms with E-state index in [-0.39, 0.29) is 17.8 Å². The minimum atomic E-state index is -0.136. The molecule has 0 bridgehead atoms. The second kappa shape index (κ2) is 8.92. The lowest BCUT2D eigenvalue weighted by atomic mass is 9.90. The van der Waals surface area contributed by atoms with Crippen LogP contribution in [0.1, 0.15) is 49.6 Å². The van der Waals surface area contributed by atoms with Gasteiger partial charge in [0.15, 0.2) is 5.76 Å². The minimum Gasteiger partial charge on any atom is -0.356 e. The lowest BCUT2D eigenvalue weighted by molar-refractivity contribution is 0.201. The van der Waals surface area contributed by atoms with Crippen LogP contribution in [0.25, 0.3) is 11.3 Å². The molecule has 1 aliphatic heterocycles. The second-order valence-corrected chi connectivity index (χ2v) is 8.27. The summed E-state index contributed by atoms with van der Waals surface area (Å²) < 4.78 is 19.5. The average molecular weight is 410 g/mol. The van der Waals surface area contributed by atoms with Gasteiger partial charge in [-0.15, -0.1) is 0 Å². The Morgan fingerprint density at radius 2 is 2.00 bits per heavy atom. The van der Waals surface area contributed by atoms with Gasteiger partial charge in [0, 0.05) is 36.3 Å². The van der Waals surface area contributed by atoms with E-state index in [0.29, 0.717) is 18.3 Å². The van der Waals surface area contributed by atoms with Gasteiger partial charge in [-0.3, -0.25) is 4.90 Å². The third-order valence-corrected chi connectivity index (χ3v) is 5.46. The van der Waals surface area contributed by atoms with Crippen molar-refractivity contribution in [2.24, 2.45) is 0 Å². The first kappa shape index (κ1) is 20.5. The largest absolute Gasteiger partial charge is 0.356 e. The fourth-order valence-corrected chi connectivity index (χ4v) is 3.95. The molecule has 0 unspecified atom stereocenters. The van der Waals surface area contributed by atoms with E-state index in [1.165, 1.54) is 6.07 Å². The molecule has 0 atom stereocenters. The smallest absolute Gasteiger partial charge is 0.223 e. The van der Waals surface area contributed by atoms with Crippen molar-refractivity contribution in [2.75, 3.05) is 18.4 Å². The van der Waals surface area contributed by atoms with Crippen LogP contribution in [0.3, 0.4) is 0 Å². The van der Waals surface area contributed by atoms with Crippen molar-refractivity contribution in [3.05, 3.63) is 59.3 Å². The average Bonchev–Trinajstić information content (AvgIpc) is 3.16. The van der Waals surface area contributed by atoms with Crippen LogP contribution in [0.2, 0.25) is 0 Å².